The van der Waals surface area contributed by atoms with E-state index in [1.165, 1.54) is 0 Å². The predicted octanol–water partition coefficient (Wildman–Crippen LogP) is 3.04. The van der Waals surface area contributed by atoms with Crippen molar-refractivity contribution in [1.82, 2.24) is 9.97 Å². The van der Waals surface area contributed by atoms with Gasteiger partial charge < -0.3 is 10.2 Å². The van der Waals surface area contributed by atoms with Gasteiger partial charge in [-0.05, 0) is 12.8 Å². The van der Waals surface area contributed by atoms with Gasteiger partial charge >= 0.3 is 0 Å². The molecule has 0 saturated carbocycles. The summed E-state index contributed by atoms with van der Waals surface area (Å²) in [6.45, 7) is 8.16. The van der Waals surface area contributed by atoms with Gasteiger partial charge in [0.15, 0.2) is 5.82 Å². The van der Waals surface area contributed by atoms with E-state index < -0.39 is 0 Å². The molecule has 0 spiro atoms. The van der Waals surface area contributed by atoms with E-state index >= 15 is 0 Å². The number of hydrogen-bond acceptors (Lipinski definition) is 4. The molecule has 1 N–H and O–H groups in total. The molecule has 0 amide bonds. The van der Waals surface area contributed by atoms with E-state index in [-0.39, 0.29) is 0 Å². The molecule has 1 aromatic rings. The molecule has 1 unspecified atom stereocenters. The van der Waals surface area contributed by atoms with Gasteiger partial charge in [0.1, 0.15) is 5.02 Å². The molecule has 5 heteroatoms. The molecule has 1 atom stereocenters. The van der Waals surface area contributed by atoms with Gasteiger partial charge in [-0.25, -0.2) is 4.98 Å². The summed E-state index contributed by atoms with van der Waals surface area (Å²) in [5.74, 6) is 2.04. The highest BCUT2D eigenvalue weighted by Gasteiger charge is 2.12. The van der Waals surface area contributed by atoms with Gasteiger partial charge in [0.25, 0.3) is 0 Å². The van der Waals surface area contributed by atoms with Crippen molar-refractivity contribution in [2.24, 2.45) is 5.92 Å². The maximum Gasteiger partial charge on any atom is 0.224 e. The zero-order valence-electron chi connectivity index (χ0n) is 11.0. The summed E-state index contributed by atoms with van der Waals surface area (Å²) in [4.78, 5) is 10.6. The lowest BCUT2D eigenvalue weighted by Crippen LogP contribution is -2.25. The van der Waals surface area contributed by atoms with Crippen molar-refractivity contribution in [2.75, 3.05) is 30.4 Å². The van der Waals surface area contributed by atoms with Crippen molar-refractivity contribution in [3.63, 3.8) is 0 Å². The van der Waals surface area contributed by atoms with Crippen LogP contribution in [-0.4, -0.2) is 30.1 Å². The minimum absolute atomic E-state index is 0.595. The predicted molar refractivity (Wildman–Crippen MR) is 73.9 cm³/mol. The summed E-state index contributed by atoms with van der Waals surface area (Å²) in [5.41, 5.74) is 0. The Balaban J connectivity index is 2.83. The van der Waals surface area contributed by atoms with Crippen LogP contribution in [-0.2, 0) is 0 Å². The van der Waals surface area contributed by atoms with E-state index in [9.17, 15) is 0 Å². The molecule has 0 aliphatic heterocycles. The Bertz CT molecular complexity index is 356. The normalized spacial score (nSPS) is 12.3. The summed E-state index contributed by atoms with van der Waals surface area (Å²) in [6, 6.07) is 0. The fourth-order valence-corrected chi connectivity index (χ4v) is 1.79. The van der Waals surface area contributed by atoms with Gasteiger partial charge in [0.05, 0.1) is 6.20 Å². The molecule has 0 aromatic carbocycles. The number of aromatic nitrogens is 2. The lowest BCUT2D eigenvalue weighted by atomic mass is 10.1. The Morgan fingerprint density at radius 2 is 2.18 bits per heavy atom. The van der Waals surface area contributed by atoms with Gasteiger partial charge in [0, 0.05) is 20.1 Å². The zero-order valence-corrected chi connectivity index (χ0v) is 11.8. The first-order chi connectivity index (χ1) is 8.08. The molecule has 0 aliphatic rings. The average Bonchev–Trinajstić information content (AvgIpc) is 2.31. The second kappa shape index (κ2) is 6.64. The van der Waals surface area contributed by atoms with Crippen LogP contribution in [0.15, 0.2) is 6.20 Å². The van der Waals surface area contributed by atoms with E-state index in [0.717, 1.165) is 25.3 Å². The molecule has 0 radical (unpaired) electrons. The van der Waals surface area contributed by atoms with Crippen LogP contribution >= 0.6 is 11.6 Å². The summed E-state index contributed by atoms with van der Waals surface area (Å²) in [5, 5.41) is 3.68. The van der Waals surface area contributed by atoms with E-state index in [1.54, 1.807) is 6.20 Å². The van der Waals surface area contributed by atoms with Crippen LogP contribution in [0.5, 0.6) is 0 Å². The highest BCUT2D eigenvalue weighted by atomic mass is 35.5. The van der Waals surface area contributed by atoms with Crippen molar-refractivity contribution in [3.05, 3.63) is 11.2 Å². The van der Waals surface area contributed by atoms with Crippen LogP contribution in [0.1, 0.15) is 27.2 Å². The fraction of sp³-hybridized carbons (Fsp3) is 0.667. The highest BCUT2D eigenvalue weighted by molar-refractivity contribution is 6.32. The smallest absolute Gasteiger partial charge is 0.224 e. The van der Waals surface area contributed by atoms with Crippen molar-refractivity contribution >= 4 is 23.4 Å². The second-order valence-electron chi connectivity index (χ2n) is 4.29. The quantitative estimate of drug-likeness (QED) is 0.850. The van der Waals surface area contributed by atoms with Gasteiger partial charge in [-0.2, -0.15) is 4.98 Å². The first-order valence-electron chi connectivity index (χ1n) is 6.06. The van der Waals surface area contributed by atoms with Crippen LogP contribution in [0.4, 0.5) is 11.8 Å². The van der Waals surface area contributed by atoms with Crippen LogP contribution in [0.25, 0.3) is 0 Å². The van der Waals surface area contributed by atoms with E-state index in [2.05, 4.69) is 34.0 Å². The monoisotopic (exact) mass is 256 g/mol. The first-order valence-corrected chi connectivity index (χ1v) is 6.43. The van der Waals surface area contributed by atoms with Crippen molar-refractivity contribution < 1.29 is 0 Å². The Morgan fingerprint density at radius 1 is 1.47 bits per heavy atom. The SMILES string of the molecule is CCNc1ncc(Cl)c(N(C)CC(C)CC)n1. The highest BCUT2D eigenvalue weighted by Crippen LogP contribution is 2.23. The van der Waals surface area contributed by atoms with Gasteiger partial charge in [0.2, 0.25) is 5.95 Å². The minimum atomic E-state index is 0.595. The number of rotatable bonds is 6. The third-order valence-corrected chi connectivity index (χ3v) is 2.97. The molecule has 0 bridgehead atoms. The number of nitrogens with one attached hydrogen (secondary N) is 1. The fourth-order valence-electron chi connectivity index (χ4n) is 1.55. The van der Waals surface area contributed by atoms with Crippen LogP contribution in [0, 0.1) is 5.92 Å². The standard InChI is InChI=1S/C12H21ClN4/c1-5-9(3)8-17(4)11-10(13)7-15-12(16-11)14-6-2/h7,9H,5-6,8H2,1-4H3,(H,14,15,16). The van der Waals surface area contributed by atoms with Crippen molar-refractivity contribution in [3.8, 4) is 0 Å². The third-order valence-electron chi connectivity index (χ3n) is 2.70. The third kappa shape index (κ3) is 4.04. The summed E-state index contributed by atoms with van der Waals surface area (Å²) < 4.78 is 0. The number of halogens is 1. The number of hydrogen-bond donors (Lipinski definition) is 1. The maximum absolute atomic E-state index is 6.12. The lowest BCUT2D eigenvalue weighted by Gasteiger charge is -2.22. The topological polar surface area (TPSA) is 41.1 Å². The average molecular weight is 257 g/mol. The summed E-state index contributed by atoms with van der Waals surface area (Å²) >= 11 is 6.12. The molecular formula is C12H21ClN4. The molecule has 1 heterocycles. The zero-order chi connectivity index (χ0) is 12.8. The van der Waals surface area contributed by atoms with E-state index in [0.29, 0.717) is 16.9 Å². The molecule has 0 fully saturated rings. The Labute approximate surface area is 108 Å². The minimum Gasteiger partial charge on any atom is -0.358 e. The summed E-state index contributed by atoms with van der Waals surface area (Å²) in [7, 11) is 2.01. The molecule has 4 nitrogen and oxygen atoms in total. The van der Waals surface area contributed by atoms with Crippen molar-refractivity contribution in [1.29, 1.82) is 0 Å². The summed E-state index contributed by atoms with van der Waals surface area (Å²) in [6.07, 6.45) is 2.79. The molecular weight excluding hydrogens is 236 g/mol. The van der Waals surface area contributed by atoms with Gasteiger partial charge in [-0.3, -0.25) is 0 Å². The number of nitrogens with zero attached hydrogens (tertiary/aromatic N) is 3. The van der Waals surface area contributed by atoms with Crippen LogP contribution in [0.2, 0.25) is 5.02 Å². The molecule has 17 heavy (non-hydrogen) atoms. The van der Waals surface area contributed by atoms with Gasteiger partial charge in [-0.15, -0.1) is 0 Å². The van der Waals surface area contributed by atoms with Crippen LogP contribution in [0.3, 0.4) is 0 Å². The maximum atomic E-state index is 6.12. The molecule has 96 valence electrons. The van der Waals surface area contributed by atoms with Crippen molar-refractivity contribution in [2.45, 2.75) is 27.2 Å². The molecule has 1 aromatic heterocycles. The largest absolute Gasteiger partial charge is 0.358 e. The lowest BCUT2D eigenvalue weighted by molar-refractivity contribution is 0.557. The molecule has 0 aliphatic carbocycles. The Hall–Kier alpha value is -1.03. The second-order valence-corrected chi connectivity index (χ2v) is 4.70. The van der Waals surface area contributed by atoms with Crippen LogP contribution < -0.4 is 10.2 Å². The Kier molecular flexibility index (Phi) is 5.48. The van der Waals surface area contributed by atoms with E-state index in [4.69, 9.17) is 11.6 Å². The Morgan fingerprint density at radius 3 is 2.76 bits per heavy atom. The van der Waals surface area contributed by atoms with E-state index in [1.807, 2.05) is 14.0 Å². The molecule has 0 saturated heterocycles. The number of anilines is 2. The van der Waals surface area contributed by atoms with Gasteiger partial charge in [-0.1, -0.05) is 31.9 Å². The first kappa shape index (κ1) is 14.0. The molecule has 1 rings (SSSR count).